The second-order valence-electron chi connectivity index (χ2n) is 6.17. The molecule has 0 aromatic heterocycles. The van der Waals surface area contributed by atoms with Crippen LogP contribution >= 0.6 is 0 Å². The van der Waals surface area contributed by atoms with Gasteiger partial charge in [0, 0.05) is 12.1 Å². The van der Waals surface area contributed by atoms with E-state index < -0.39 is 0 Å². The van der Waals surface area contributed by atoms with Crippen molar-refractivity contribution in [2.45, 2.75) is 82.6 Å². The molecule has 92 valence electrons. The first kappa shape index (κ1) is 11.0. The summed E-state index contributed by atoms with van der Waals surface area (Å²) < 4.78 is 5.89. The smallest absolute Gasteiger partial charge is 0.0733 e. The van der Waals surface area contributed by atoms with Crippen LogP contribution in [0.4, 0.5) is 0 Å². The molecule has 4 unspecified atom stereocenters. The Morgan fingerprint density at radius 2 is 2.00 bits per heavy atom. The zero-order valence-electron chi connectivity index (χ0n) is 10.5. The topological polar surface area (TPSA) is 21.3 Å². The second kappa shape index (κ2) is 4.66. The van der Waals surface area contributed by atoms with Crippen molar-refractivity contribution in [3.05, 3.63) is 0 Å². The van der Waals surface area contributed by atoms with E-state index in [1.165, 1.54) is 51.4 Å². The summed E-state index contributed by atoms with van der Waals surface area (Å²) in [6, 6.07) is 1.35. The molecule has 1 N–H and O–H groups in total. The fourth-order valence-corrected chi connectivity index (χ4v) is 3.99. The molecule has 1 aliphatic carbocycles. The molecule has 3 rings (SSSR count). The summed E-state index contributed by atoms with van der Waals surface area (Å²) in [5.74, 6) is 1.00. The minimum atomic E-state index is 0.538. The fraction of sp³-hybridized carbons (Fsp3) is 1.00. The van der Waals surface area contributed by atoms with E-state index >= 15 is 0 Å². The van der Waals surface area contributed by atoms with Crippen molar-refractivity contribution in [1.29, 1.82) is 0 Å². The standard InChI is InChI=1S/C14H25NO/c1-10(8-11-4-2-3-5-11)15-13-9-12-6-7-14(13)16-12/h10-15H,2-9H2,1H3. The lowest BCUT2D eigenvalue weighted by molar-refractivity contribution is 0.0958. The minimum Gasteiger partial charge on any atom is -0.373 e. The van der Waals surface area contributed by atoms with E-state index in [-0.39, 0.29) is 0 Å². The summed E-state index contributed by atoms with van der Waals surface area (Å²) in [6.45, 7) is 2.37. The summed E-state index contributed by atoms with van der Waals surface area (Å²) in [5.41, 5.74) is 0. The van der Waals surface area contributed by atoms with Gasteiger partial charge in [-0.25, -0.2) is 0 Å². The molecule has 2 heterocycles. The van der Waals surface area contributed by atoms with Crippen LogP contribution in [0.25, 0.3) is 0 Å². The predicted molar refractivity (Wildman–Crippen MR) is 65.5 cm³/mol. The molecular formula is C14H25NO. The van der Waals surface area contributed by atoms with Gasteiger partial charge in [-0.1, -0.05) is 25.7 Å². The number of hydrogen-bond donors (Lipinski definition) is 1. The van der Waals surface area contributed by atoms with Crippen LogP contribution in [0.2, 0.25) is 0 Å². The third-order valence-corrected chi connectivity index (χ3v) is 4.77. The van der Waals surface area contributed by atoms with Crippen molar-refractivity contribution in [1.82, 2.24) is 5.32 Å². The zero-order valence-corrected chi connectivity index (χ0v) is 10.5. The molecule has 0 aromatic rings. The maximum Gasteiger partial charge on any atom is 0.0733 e. The van der Waals surface area contributed by atoms with Crippen molar-refractivity contribution < 1.29 is 4.74 Å². The molecule has 2 heteroatoms. The van der Waals surface area contributed by atoms with Gasteiger partial charge in [-0.05, 0) is 38.5 Å². The summed E-state index contributed by atoms with van der Waals surface area (Å²) >= 11 is 0. The van der Waals surface area contributed by atoms with Crippen molar-refractivity contribution in [3.8, 4) is 0 Å². The van der Waals surface area contributed by atoms with E-state index in [1.54, 1.807) is 0 Å². The molecule has 0 aromatic carbocycles. The van der Waals surface area contributed by atoms with Crippen LogP contribution in [0.3, 0.4) is 0 Å². The van der Waals surface area contributed by atoms with Crippen LogP contribution in [-0.4, -0.2) is 24.3 Å². The maximum atomic E-state index is 5.89. The first-order valence-electron chi connectivity index (χ1n) is 7.23. The van der Waals surface area contributed by atoms with Gasteiger partial charge in [0.2, 0.25) is 0 Å². The van der Waals surface area contributed by atoms with Crippen LogP contribution in [0, 0.1) is 5.92 Å². The highest BCUT2D eigenvalue weighted by Gasteiger charge is 2.41. The highest BCUT2D eigenvalue weighted by Crippen LogP contribution is 2.35. The Labute approximate surface area is 99.1 Å². The molecule has 2 aliphatic heterocycles. The van der Waals surface area contributed by atoms with Crippen LogP contribution in [-0.2, 0) is 4.74 Å². The van der Waals surface area contributed by atoms with Crippen LogP contribution in [0.5, 0.6) is 0 Å². The Hall–Kier alpha value is -0.0800. The molecule has 3 fully saturated rings. The quantitative estimate of drug-likeness (QED) is 0.791. The van der Waals surface area contributed by atoms with Gasteiger partial charge < -0.3 is 10.1 Å². The third-order valence-electron chi connectivity index (χ3n) is 4.77. The van der Waals surface area contributed by atoms with Gasteiger partial charge in [-0.2, -0.15) is 0 Å². The van der Waals surface area contributed by atoms with Crippen molar-refractivity contribution >= 4 is 0 Å². The SMILES string of the molecule is CC(CC1CCCC1)NC1CC2CCC1O2. The Morgan fingerprint density at radius 3 is 2.62 bits per heavy atom. The molecule has 0 amide bonds. The molecular weight excluding hydrogens is 198 g/mol. The Morgan fingerprint density at radius 1 is 1.19 bits per heavy atom. The highest BCUT2D eigenvalue weighted by atomic mass is 16.5. The van der Waals surface area contributed by atoms with E-state index in [0.717, 1.165) is 5.92 Å². The summed E-state index contributed by atoms with van der Waals surface area (Å²) in [5, 5.41) is 3.81. The summed E-state index contributed by atoms with van der Waals surface area (Å²) in [6.07, 6.45) is 12.2. The lowest BCUT2D eigenvalue weighted by Gasteiger charge is -2.26. The number of fused-ring (bicyclic) bond motifs is 2. The maximum absolute atomic E-state index is 5.89. The normalized spacial score (nSPS) is 40.7. The van der Waals surface area contributed by atoms with E-state index in [2.05, 4.69) is 12.2 Å². The molecule has 0 spiro atoms. The van der Waals surface area contributed by atoms with E-state index in [9.17, 15) is 0 Å². The molecule has 2 saturated heterocycles. The fourth-order valence-electron chi connectivity index (χ4n) is 3.99. The van der Waals surface area contributed by atoms with Gasteiger partial charge in [0.15, 0.2) is 0 Å². The van der Waals surface area contributed by atoms with Crippen molar-refractivity contribution in [2.24, 2.45) is 5.92 Å². The Bertz CT molecular complexity index is 237. The van der Waals surface area contributed by atoms with E-state index in [0.29, 0.717) is 24.3 Å². The average molecular weight is 223 g/mol. The first-order valence-corrected chi connectivity index (χ1v) is 7.23. The monoisotopic (exact) mass is 223 g/mol. The van der Waals surface area contributed by atoms with Crippen LogP contribution < -0.4 is 5.32 Å². The lowest BCUT2D eigenvalue weighted by Crippen LogP contribution is -2.43. The summed E-state index contributed by atoms with van der Waals surface area (Å²) in [7, 11) is 0. The van der Waals surface area contributed by atoms with Crippen LogP contribution in [0.1, 0.15) is 58.3 Å². The molecule has 3 aliphatic rings. The van der Waals surface area contributed by atoms with E-state index in [1.807, 2.05) is 0 Å². The third kappa shape index (κ3) is 2.28. The first-order chi connectivity index (χ1) is 7.81. The number of ether oxygens (including phenoxy) is 1. The lowest BCUT2D eigenvalue weighted by atomic mass is 9.93. The van der Waals surface area contributed by atoms with Crippen molar-refractivity contribution in [3.63, 3.8) is 0 Å². The van der Waals surface area contributed by atoms with Gasteiger partial charge >= 0.3 is 0 Å². The molecule has 0 radical (unpaired) electrons. The summed E-state index contributed by atoms with van der Waals surface area (Å²) in [4.78, 5) is 0. The van der Waals surface area contributed by atoms with Gasteiger partial charge in [0.1, 0.15) is 0 Å². The number of hydrogen-bond acceptors (Lipinski definition) is 2. The van der Waals surface area contributed by atoms with Gasteiger partial charge in [-0.15, -0.1) is 0 Å². The minimum absolute atomic E-state index is 0.538. The predicted octanol–water partition coefficient (Wildman–Crippen LogP) is 2.86. The Balaban J connectivity index is 1.43. The van der Waals surface area contributed by atoms with Crippen LogP contribution in [0.15, 0.2) is 0 Å². The van der Waals surface area contributed by atoms with Gasteiger partial charge in [0.25, 0.3) is 0 Å². The van der Waals surface area contributed by atoms with E-state index in [4.69, 9.17) is 4.74 Å². The van der Waals surface area contributed by atoms with Gasteiger partial charge in [0.05, 0.1) is 12.2 Å². The molecule has 2 bridgehead atoms. The molecule has 2 nitrogen and oxygen atoms in total. The molecule has 4 atom stereocenters. The molecule has 16 heavy (non-hydrogen) atoms. The highest BCUT2D eigenvalue weighted by molar-refractivity contribution is 4.95. The number of nitrogens with one attached hydrogen (secondary N) is 1. The largest absolute Gasteiger partial charge is 0.373 e. The molecule has 1 saturated carbocycles. The average Bonchev–Trinajstić information content (AvgIpc) is 2.92. The van der Waals surface area contributed by atoms with Gasteiger partial charge in [-0.3, -0.25) is 0 Å². The van der Waals surface area contributed by atoms with Crippen molar-refractivity contribution in [2.75, 3.05) is 0 Å². The zero-order chi connectivity index (χ0) is 11.0. The second-order valence-corrected chi connectivity index (χ2v) is 6.17. The number of rotatable bonds is 4. The Kier molecular flexibility index (Phi) is 3.21.